The number of fused-ring (bicyclic) bond motifs is 5. The number of amides is 2. The minimum atomic E-state index is -3.71. The third-order valence-corrected chi connectivity index (χ3v) is 15.9. The molecule has 2 aliphatic carbocycles. The average Bonchev–Trinajstić information content (AvgIpc) is 3.54. The first kappa shape index (κ1) is 41.0. The van der Waals surface area contributed by atoms with Gasteiger partial charge in [0.15, 0.2) is 0 Å². The predicted molar refractivity (Wildman–Crippen MR) is 223 cm³/mol. The average molecular weight is 835 g/mol. The molecule has 1 fully saturated rings. The van der Waals surface area contributed by atoms with Gasteiger partial charge in [0, 0.05) is 55.2 Å². The van der Waals surface area contributed by atoms with Gasteiger partial charge < -0.3 is 33.5 Å². The summed E-state index contributed by atoms with van der Waals surface area (Å²) in [5.74, 6) is -0.585. The molecule has 3 aliphatic heterocycles. The summed E-state index contributed by atoms with van der Waals surface area (Å²) in [5.41, 5.74) is 3.49. The van der Waals surface area contributed by atoms with Crippen molar-refractivity contribution >= 4 is 39.0 Å². The zero-order valence-corrected chi connectivity index (χ0v) is 35.4. The number of aliphatic hydroxyl groups is 1. The Hall–Kier alpha value is -3.72. The number of methoxy groups -OCH3 is 2. The number of aromatic nitrogens is 1. The Morgan fingerprint density at radius 2 is 1.91 bits per heavy atom. The van der Waals surface area contributed by atoms with Crippen molar-refractivity contribution in [2.75, 3.05) is 52.0 Å². The second-order valence-corrected chi connectivity index (χ2v) is 19.9. The summed E-state index contributed by atoms with van der Waals surface area (Å²) in [6.45, 7) is 6.70. The number of carbonyl (C=O) groups is 2. The molecule has 312 valence electrons. The summed E-state index contributed by atoms with van der Waals surface area (Å²) >= 11 is 6.47. The summed E-state index contributed by atoms with van der Waals surface area (Å²) in [7, 11) is -0.511. The van der Waals surface area contributed by atoms with Gasteiger partial charge in [-0.15, -0.1) is 4.36 Å². The summed E-state index contributed by atoms with van der Waals surface area (Å²) < 4.78 is 47.9. The highest BCUT2D eigenvalue weighted by molar-refractivity contribution is 7.93. The van der Waals surface area contributed by atoms with Gasteiger partial charge in [-0.1, -0.05) is 36.7 Å². The molecule has 7 atom stereocenters. The van der Waals surface area contributed by atoms with Crippen molar-refractivity contribution in [3.05, 3.63) is 93.8 Å². The van der Waals surface area contributed by atoms with E-state index in [-0.39, 0.29) is 40.9 Å². The second-order valence-electron chi connectivity index (χ2n) is 17.2. The number of nitrogens with zero attached hydrogens (tertiary/aromatic N) is 3. The third-order valence-electron chi connectivity index (χ3n) is 13.3. The van der Waals surface area contributed by atoms with E-state index in [1.54, 1.807) is 45.5 Å². The number of aliphatic hydroxyl groups excluding tert-OH is 1. The number of carbonyl (C=O) groups excluding carboxylic acids is 2. The van der Waals surface area contributed by atoms with Gasteiger partial charge in [-0.25, -0.2) is 4.21 Å². The first-order chi connectivity index (χ1) is 27.8. The van der Waals surface area contributed by atoms with E-state index in [1.807, 2.05) is 35.8 Å². The molecule has 14 heteroatoms. The van der Waals surface area contributed by atoms with Crippen LogP contribution in [-0.2, 0) is 49.1 Å². The van der Waals surface area contributed by atoms with Crippen molar-refractivity contribution in [3.63, 3.8) is 0 Å². The summed E-state index contributed by atoms with van der Waals surface area (Å²) in [6.07, 6.45) is 10.1. The van der Waals surface area contributed by atoms with E-state index in [9.17, 15) is 14.7 Å². The molecule has 2 N–H and O–H groups in total. The molecule has 2 amide bonds. The quantitative estimate of drug-likeness (QED) is 0.267. The van der Waals surface area contributed by atoms with Crippen LogP contribution in [0.5, 0.6) is 5.75 Å². The predicted octanol–water partition coefficient (Wildman–Crippen LogP) is 6.50. The lowest BCUT2D eigenvalue weighted by molar-refractivity contribution is -0.153. The molecule has 1 unspecified atom stereocenters. The Bertz CT molecular complexity index is 2210. The van der Waals surface area contributed by atoms with E-state index in [1.165, 1.54) is 11.1 Å². The smallest absolute Gasteiger partial charge is 0.286 e. The van der Waals surface area contributed by atoms with Gasteiger partial charge in [0.25, 0.3) is 11.8 Å². The van der Waals surface area contributed by atoms with Crippen LogP contribution in [-0.4, -0.2) is 89.8 Å². The Kier molecular flexibility index (Phi) is 11.6. The molecular formula is C44H55ClN4O8S. The van der Waals surface area contributed by atoms with E-state index in [2.05, 4.69) is 26.1 Å². The van der Waals surface area contributed by atoms with Gasteiger partial charge in [0.05, 0.1) is 55.6 Å². The molecular weight excluding hydrogens is 780 g/mol. The van der Waals surface area contributed by atoms with Crippen molar-refractivity contribution in [3.8, 4) is 5.75 Å². The number of aryl methyl sites for hydroxylation is 1. The number of hydrogen-bond acceptors (Lipinski definition) is 9. The van der Waals surface area contributed by atoms with Gasteiger partial charge in [-0.05, 0) is 111 Å². The van der Waals surface area contributed by atoms with E-state index >= 15 is 4.21 Å². The Morgan fingerprint density at radius 3 is 2.67 bits per heavy atom. The van der Waals surface area contributed by atoms with Gasteiger partial charge in [0.1, 0.15) is 21.3 Å². The number of halogens is 1. The normalized spacial score (nSPS) is 31.0. The number of ether oxygens (including phenoxy) is 4. The van der Waals surface area contributed by atoms with Crippen molar-refractivity contribution in [1.82, 2.24) is 9.29 Å². The number of allylic oxidation sites excluding steroid dienone is 1. The molecule has 8 rings (SSSR count). The minimum Gasteiger partial charge on any atom is -0.490 e. The number of nitrogens with one attached hydrogen (secondary N) is 1. The highest BCUT2D eigenvalue weighted by Crippen LogP contribution is 2.47. The summed E-state index contributed by atoms with van der Waals surface area (Å²) in [4.78, 5) is 30.7. The van der Waals surface area contributed by atoms with E-state index in [4.69, 9.17) is 30.5 Å². The van der Waals surface area contributed by atoms with Crippen LogP contribution < -0.4 is 14.4 Å². The number of anilines is 1. The topological polar surface area (TPSA) is 141 Å². The van der Waals surface area contributed by atoms with Crippen molar-refractivity contribution < 1.29 is 37.9 Å². The fraction of sp³-hybridized carbons (Fsp3) is 0.545. The Labute approximate surface area is 346 Å². The molecule has 3 aromatic rings. The van der Waals surface area contributed by atoms with Crippen LogP contribution in [0.2, 0.25) is 5.02 Å². The Morgan fingerprint density at radius 1 is 1.10 bits per heavy atom. The van der Waals surface area contributed by atoms with Crippen LogP contribution in [0, 0.1) is 17.8 Å². The summed E-state index contributed by atoms with van der Waals surface area (Å²) in [6, 6.07) is 13.1. The van der Waals surface area contributed by atoms with E-state index < -0.39 is 38.7 Å². The first-order valence-corrected chi connectivity index (χ1v) is 22.4. The lowest BCUT2D eigenvalue weighted by atomic mass is 9.68. The van der Waals surface area contributed by atoms with Crippen molar-refractivity contribution in [2.45, 2.75) is 87.9 Å². The zero-order valence-electron chi connectivity index (χ0n) is 33.8. The number of rotatable bonds is 6. The largest absolute Gasteiger partial charge is 0.490 e. The third kappa shape index (κ3) is 7.86. The van der Waals surface area contributed by atoms with Crippen molar-refractivity contribution in [2.24, 2.45) is 22.1 Å². The van der Waals surface area contributed by atoms with E-state index in [0.29, 0.717) is 51.6 Å². The number of hydrogen-bond donors (Lipinski definition) is 2. The zero-order chi connectivity index (χ0) is 40.8. The van der Waals surface area contributed by atoms with Gasteiger partial charge >= 0.3 is 0 Å². The molecule has 12 nitrogen and oxygen atoms in total. The standard InChI is InChI=1S/C44H55ClN4O8S/c1-28-7-5-9-39(50)36-13-10-32(36)20-49-23-43(16-6-8-30-17-34(45)12-14-37(30)43)25-56-40-15-11-31(19-38(40)49)41(51)46-58(53,29(28)2)47-42(52)33-18-35-22-57-44(26-54-3,27-55-4)24-48(35)21-33/h5,9,11-12,14-15,17-19,21,28-29,32,36,39,50H,6-8,10,13,16,20,22-27H2,1-4H3,(H,46,47,51,52,53)/b9-5+/t28-,29+,32-,36+,39-,43-,58?/m0/s1. The lowest BCUT2D eigenvalue weighted by Gasteiger charge is -2.45. The van der Waals surface area contributed by atoms with Crippen molar-refractivity contribution in [1.29, 1.82) is 0 Å². The molecule has 5 aliphatic rings. The highest BCUT2D eigenvalue weighted by atomic mass is 35.5. The molecule has 0 saturated heterocycles. The fourth-order valence-corrected chi connectivity index (χ4v) is 11.8. The summed E-state index contributed by atoms with van der Waals surface area (Å²) in [5, 5.41) is 11.5. The van der Waals surface area contributed by atoms with Crippen LogP contribution in [0.1, 0.15) is 83.5 Å². The maximum atomic E-state index is 15.1. The maximum absolute atomic E-state index is 15.1. The first-order valence-electron chi connectivity index (χ1n) is 20.4. The molecule has 0 radical (unpaired) electrons. The maximum Gasteiger partial charge on any atom is 0.286 e. The molecule has 4 heterocycles. The van der Waals surface area contributed by atoms with Crippen LogP contribution >= 0.6 is 11.6 Å². The molecule has 1 aromatic heterocycles. The molecule has 2 bridgehead atoms. The van der Waals surface area contributed by atoms with Crippen LogP contribution in [0.25, 0.3) is 0 Å². The van der Waals surface area contributed by atoms with Gasteiger partial charge in [-0.3, -0.25) is 14.3 Å². The van der Waals surface area contributed by atoms with Crippen LogP contribution in [0.3, 0.4) is 0 Å². The fourth-order valence-electron chi connectivity index (χ4n) is 9.72. The van der Waals surface area contributed by atoms with Gasteiger partial charge in [-0.2, -0.15) is 0 Å². The highest BCUT2D eigenvalue weighted by Gasteiger charge is 2.44. The minimum absolute atomic E-state index is 0.0778. The molecule has 2 aromatic carbocycles. The van der Waals surface area contributed by atoms with Crippen LogP contribution in [0.4, 0.5) is 5.69 Å². The molecule has 58 heavy (non-hydrogen) atoms. The SMILES string of the molecule is COCC1(COC)Cn2cc(C(=O)NS3(=O)=NC(=O)c4ccc5c(c4)N(C[C@@H]4CC[C@H]4[C@@H](O)/C=C/C[C@H](C)[C@H]3C)C[C@@]3(CCCc4cc(Cl)ccc43)CO5)cc2CO1. The van der Waals surface area contributed by atoms with Gasteiger partial charge in [0.2, 0.25) is 0 Å². The number of benzene rings is 2. The Balaban J connectivity index is 1.16. The second kappa shape index (κ2) is 16.4. The van der Waals surface area contributed by atoms with E-state index in [0.717, 1.165) is 48.5 Å². The molecule has 1 saturated carbocycles. The molecule has 1 spiro atoms. The monoisotopic (exact) mass is 834 g/mol. The lowest BCUT2D eigenvalue weighted by Crippen LogP contribution is -2.49. The van der Waals surface area contributed by atoms with Crippen LogP contribution in [0.15, 0.2) is 65.2 Å².